The highest BCUT2D eigenvalue weighted by molar-refractivity contribution is 5.96. The van der Waals surface area contributed by atoms with Gasteiger partial charge in [0.25, 0.3) is 0 Å². The predicted molar refractivity (Wildman–Crippen MR) is 71.9 cm³/mol. The van der Waals surface area contributed by atoms with Crippen LogP contribution in [0.2, 0.25) is 0 Å². The summed E-state index contributed by atoms with van der Waals surface area (Å²) in [7, 11) is 1.18. The molecule has 1 saturated heterocycles. The second-order valence-corrected chi connectivity index (χ2v) is 4.92. The van der Waals surface area contributed by atoms with E-state index in [4.69, 9.17) is 0 Å². The quantitative estimate of drug-likeness (QED) is 0.821. The van der Waals surface area contributed by atoms with E-state index >= 15 is 0 Å². The van der Waals surface area contributed by atoms with E-state index in [9.17, 15) is 14.0 Å². The molecule has 2 unspecified atom stereocenters. The van der Waals surface area contributed by atoms with Gasteiger partial charge in [0.1, 0.15) is 5.82 Å². The van der Waals surface area contributed by atoms with Gasteiger partial charge in [-0.3, -0.25) is 4.79 Å². The summed E-state index contributed by atoms with van der Waals surface area (Å²) in [6, 6.07) is 3.84. The van der Waals surface area contributed by atoms with Crippen molar-refractivity contribution in [2.45, 2.75) is 6.92 Å². The summed E-state index contributed by atoms with van der Waals surface area (Å²) in [5, 5.41) is 5.85. The summed E-state index contributed by atoms with van der Waals surface area (Å²) in [6.45, 7) is 3.42. The molecule has 0 spiro atoms. The Hall–Kier alpha value is -1.95. The zero-order valence-electron chi connectivity index (χ0n) is 11.4. The van der Waals surface area contributed by atoms with Crippen molar-refractivity contribution in [3.63, 3.8) is 0 Å². The van der Waals surface area contributed by atoms with E-state index in [2.05, 4.69) is 15.4 Å². The summed E-state index contributed by atoms with van der Waals surface area (Å²) in [5.74, 6) is -1.46. The standard InChI is InChI=1S/C14H17FN2O3/c1-8-6-16-7-11(8)13(18)17-9-3-4-12(15)10(5-9)14(19)20-2/h3-5,8,11,16H,6-7H2,1-2H3,(H,17,18). The van der Waals surface area contributed by atoms with Gasteiger partial charge in [0.15, 0.2) is 0 Å². The molecule has 20 heavy (non-hydrogen) atoms. The average molecular weight is 280 g/mol. The minimum absolute atomic E-state index is 0.123. The molecular formula is C14H17FN2O3. The zero-order chi connectivity index (χ0) is 14.7. The van der Waals surface area contributed by atoms with E-state index in [1.807, 2.05) is 6.92 Å². The maximum atomic E-state index is 13.5. The molecule has 1 heterocycles. The third-order valence-corrected chi connectivity index (χ3v) is 3.49. The first-order chi connectivity index (χ1) is 9.52. The second-order valence-electron chi connectivity index (χ2n) is 4.92. The van der Waals surface area contributed by atoms with Crippen LogP contribution in [-0.4, -0.2) is 32.1 Å². The molecule has 2 atom stereocenters. The number of hydrogen-bond donors (Lipinski definition) is 2. The first kappa shape index (κ1) is 14.5. The number of nitrogens with one attached hydrogen (secondary N) is 2. The number of carbonyl (C=O) groups excluding carboxylic acids is 2. The summed E-state index contributed by atoms with van der Waals surface area (Å²) in [4.78, 5) is 23.5. The molecule has 2 rings (SSSR count). The molecule has 0 radical (unpaired) electrons. The normalized spacial score (nSPS) is 21.6. The predicted octanol–water partition coefficient (Wildman–Crippen LogP) is 1.41. The highest BCUT2D eigenvalue weighted by atomic mass is 19.1. The number of halogens is 1. The van der Waals surface area contributed by atoms with Crippen LogP contribution in [-0.2, 0) is 9.53 Å². The van der Waals surface area contributed by atoms with Gasteiger partial charge in [-0.1, -0.05) is 6.92 Å². The van der Waals surface area contributed by atoms with Crippen molar-refractivity contribution in [2.24, 2.45) is 11.8 Å². The first-order valence-electron chi connectivity index (χ1n) is 6.42. The third kappa shape index (κ3) is 2.96. The van der Waals surface area contributed by atoms with Gasteiger partial charge in [-0.2, -0.15) is 0 Å². The SMILES string of the molecule is COC(=O)c1cc(NC(=O)C2CNCC2C)ccc1F. The molecule has 2 N–H and O–H groups in total. The molecule has 1 fully saturated rings. The number of methoxy groups -OCH3 is 1. The fourth-order valence-electron chi connectivity index (χ4n) is 2.27. The van der Waals surface area contributed by atoms with Crippen LogP contribution in [0.1, 0.15) is 17.3 Å². The Kier molecular flexibility index (Phi) is 4.34. The minimum atomic E-state index is -0.769. The van der Waals surface area contributed by atoms with Crippen LogP contribution in [0, 0.1) is 17.7 Å². The molecule has 6 heteroatoms. The Bertz CT molecular complexity index is 533. The van der Waals surface area contributed by atoms with Crippen molar-refractivity contribution in [1.82, 2.24) is 5.32 Å². The maximum Gasteiger partial charge on any atom is 0.340 e. The van der Waals surface area contributed by atoms with E-state index in [0.717, 1.165) is 12.6 Å². The van der Waals surface area contributed by atoms with Crippen molar-refractivity contribution in [1.29, 1.82) is 0 Å². The van der Waals surface area contributed by atoms with E-state index in [1.165, 1.54) is 19.2 Å². The molecule has 1 amide bonds. The smallest absolute Gasteiger partial charge is 0.340 e. The monoisotopic (exact) mass is 280 g/mol. The van der Waals surface area contributed by atoms with Gasteiger partial charge in [0.05, 0.1) is 18.6 Å². The number of rotatable bonds is 3. The van der Waals surface area contributed by atoms with E-state index < -0.39 is 11.8 Å². The third-order valence-electron chi connectivity index (χ3n) is 3.49. The van der Waals surface area contributed by atoms with Crippen LogP contribution in [0.25, 0.3) is 0 Å². The second kappa shape index (κ2) is 6.00. The number of anilines is 1. The van der Waals surface area contributed by atoms with E-state index in [-0.39, 0.29) is 23.3 Å². The first-order valence-corrected chi connectivity index (χ1v) is 6.42. The summed E-state index contributed by atoms with van der Waals surface area (Å²) < 4.78 is 18.0. The van der Waals surface area contributed by atoms with Gasteiger partial charge in [0, 0.05) is 12.2 Å². The fourth-order valence-corrected chi connectivity index (χ4v) is 2.27. The van der Waals surface area contributed by atoms with Gasteiger partial charge in [-0.15, -0.1) is 0 Å². The van der Waals surface area contributed by atoms with Crippen LogP contribution in [0.5, 0.6) is 0 Å². The zero-order valence-corrected chi connectivity index (χ0v) is 11.4. The van der Waals surface area contributed by atoms with Crippen LogP contribution in [0.4, 0.5) is 10.1 Å². The highest BCUT2D eigenvalue weighted by Gasteiger charge is 2.29. The molecular weight excluding hydrogens is 263 g/mol. The molecule has 1 aliphatic heterocycles. The van der Waals surface area contributed by atoms with E-state index in [0.29, 0.717) is 12.2 Å². The lowest BCUT2D eigenvalue weighted by molar-refractivity contribution is -0.120. The molecule has 0 aliphatic carbocycles. The van der Waals surface area contributed by atoms with Crippen molar-refractivity contribution in [3.05, 3.63) is 29.6 Å². The highest BCUT2D eigenvalue weighted by Crippen LogP contribution is 2.20. The lowest BCUT2D eigenvalue weighted by Crippen LogP contribution is -2.28. The van der Waals surface area contributed by atoms with Gasteiger partial charge in [-0.05, 0) is 30.7 Å². The Morgan fingerprint density at radius 3 is 2.75 bits per heavy atom. The van der Waals surface area contributed by atoms with Crippen LogP contribution < -0.4 is 10.6 Å². The summed E-state index contributed by atoms with van der Waals surface area (Å²) in [5.41, 5.74) is 0.193. The van der Waals surface area contributed by atoms with E-state index in [1.54, 1.807) is 0 Å². The van der Waals surface area contributed by atoms with Crippen molar-refractivity contribution < 1.29 is 18.7 Å². The number of benzene rings is 1. The minimum Gasteiger partial charge on any atom is -0.465 e. The molecule has 1 aromatic carbocycles. The molecule has 1 aliphatic rings. The molecule has 108 valence electrons. The Balaban J connectivity index is 2.13. The topological polar surface area (TPSA) is 67.4 Å². The molecule has 5 nitrogen and oxygen atoms in total. The Labute approximate surface area is 116 Å². The van der Waals surface area contributed by atoms with Crippen LogP contribution >= 0.6 is 0 Å². The van der Waals surface area contributed by atoms with Gasteiger partial charge < -0.3 is 15.4 Å². The molecule has 0 saturated carbocycles. The van der Waals surface area contributed by atoms with Crippen molar-refractivity contribution in [3.8, 4) is 0 Å². The number of esters is 1. The fraction of sp³-hybridized carbons (Fsp3) is 0.429. The molecule has 1 aromatic rings. The summed E-state index contributed by atoms with van der Waals surface area (Å²) >= 11 is 0. The van der Waals surface area contributed by atoms with Gasteiger partial charge in [0.2, 0.25) is 5.91 Å². The largest absolute Gasteiger partial charge is 0.465 e. The number of amides is 1. The number of hydrogen-bond acceptors (Lipinski definition) is 4. The molecule has 0 aromatic heterocycles. The lowest BCUT2D eigenvalue weighted by atomic mass is 9.97. The Morgan fingerprint density at radius 1 is 1.40 bits per heavy atom. The van der Waals surface area contributed by atoms with Crippen molar-refractivity contribution >= 4 is 17.6 Å². The van der Waals surface area contributed by atoms with Crippen LogP contribution in [0.15, 0.2) is 18.2 Å². The summed E-state index contributed by atoms with van der Waals surface area (Å²) in [6.07, 6.45) is 0. The Morgan fingerprint density at radius 2 is 2.15 bits per heavy atom. The maximum absolute atomic E-state index is 13.5. The average Bonchev–Trinajstić information content (AvgIpc) is 2.86. The lowest BCUT2D eigenvalue weighted by Gasteiger charge is -2.14. The number of carbonyl (C=O) groups is 2. The van der Waals surface area contributed by atoms with Gasteiger partial charge >= 0.3 is 5.97 Å². The van der Waals surface area contributed by atoms with Crippen molar-refractivity contribution in [2.75, 3.05) is 25.5 Å². The molecule has 0 bridgehead atoms. The number of ether oxygens (including phenoxy) is 1. The van der Waals surface area contributed by atoms with Crippen LogP contribution in [0.3, 0.4) is 0 Å². The van der Waals surface area contributed by atoms with Gasteiger partial charge in [-0.25, -0.2) is 9.18 Å².